The first-order valence-electron chi connectivity index (χ1n) is 9.09. The van der Waals surface area contributed by atoms with Crippen molar-refractivity contribution in [2.75, 3.05) is 50.8 Å². The number of carbonyl (C=O) groups excluding carboxylic acids is 1. The minimum Gasteiger partial charge on any atom is -0.378 e. The molecule has 1 aromatic heterocycles. The second kappa shape index (κ2) is 8.44. The molecule has 1 atom stereocenters. The molecule has 0 bridgehead atoms. The molecule has 24 heavy (non-hydrogen) atoms. The standard InChI is InChI=1S/C18H28N4O2/c1-2-15(21-8-3-4-9-21)14-20-18(23)16-6-5-7-19-17(16)22-10-12-24-13-11-22/h5-7,15H,2-4,8-14H2,1H3,(H,20,23). The monoisotopic (exact) mass is 332 g/mol. The van der Waals surface area contributed by atoms with Crippen molar-refractivity contribution in [3.63, 3.8) is 0 Å². The highest BCUT2D eigenvalue weighted by atomic mass is 16.5. The zero-order valence-corrected chi connectivity index (χ0v) is 14.5. The SMILES string of the molecule is CCC(CNC(=O)c1cccnc1N1CCOCC1)N1CCCC1. The fourth-order valence-corrected chi connectivity index (χ4v) is 3.55. The molecule has 1 aromatic rings. The fourth-order valence-electron chi connectivity index (χ4n) is 3.55. The molecule has 1 unspecified atom stereocenters. The summed E-state index contributed by atoms with van der Waals surface area (Å²) in [4.78, 5) is 21.8. The smallest absolute Gasteiger partial charge is 0.255 e. The molecule has 0 radical (unpaired) electrons. The van der Waals surface area contributed by atoms with E-state index in [1.807, 2.05) is 12.1 Å². The van der Waals surface area contributed by atoms with E-state index < -0.39 is 0 Å². The van der Waals surface area contributed by atoms with E-state index in [-0.39, 0.29) is 5.91 Å². The van der Waals surface area contributed by atoms with Crippen LogP contribution >= 0.6 is 0 Å². The summed E-state index contributed by atoms with van der Waals surface area (Å²) in [6.07, 6.45) is 5.35. The molecule has 3 rings (SSSR count). The molecule has 0 saturated carbocycles. The maximum absolute atomic E-state index is 12.7. The van der Waals surface area contributed by atoms with Gasteiger partial charge in [0.15, 0.2) is 0 Å². The lowest BCUT2D eigenvalue weighted by atomic mass is 10.1. The summed E-state index contributed by atoms with van der Waals surface area (Å²) in [5.74, 6) is 0.745. The van der Waals surface area contributed by atoms with Crippen LogP contribution in [0.1, 0.15) is 36.5 Å². The van der Waals surface area contributed by atoms with Crippen molar-refractivity contribution in [3.05, 3.63) is 23.9 Å². The fraction of sp³-hybridized carbons (Fsp3) is 0.667. The Morgan fingerprint density at radius 1 is 1.29 bits per heavy atom. The maximum atomic E-state index is 12.7. The summed E-state index contributed by atoms with van der Waals surface area (Å²) in [7, 11) is 0. The van der Waals surface area contributed by atoms with Crippen LogP contribution in [-0.4, -0.2) is 67.8 Å². The van der Waals surface area contributed by atoms with Crippen molar-refractivity contribution in [1.82, 2.24) is 15.2 Å². The van der Waals surface area contributed by atoms with Gasteiger partial charge in [0.25, 0.3) is 5.91 Å². The van der Waals surface area contributed by atoms with Crippen LogP contribution in [-0.2, 0) is 4.74 Å². The molecule has 6 heteroatoms. The number of nitrogens with zero attached hydrogens (tertiary/aromatic N) is 3. The van der Waals surface area contributed by atoms with Crippen molar-refractivity contribution < 1.29 is 9.53 Å². The molecule has 6 nitrogen and oxygen atoms in total. The highest BCUT2D eigenvalue weighted by Crippen LogP contribution is 2.19. The van der Waals surface area contributed by atoms with Crippen LogP contribution in [0.2, 0.25) is 0 Å². The number of morpholine rings is 1. The van der Waals surface area contributed by atoms with Crippen molar-refractivity contribution in [3.8, 4) is 0 Å². The van der Waals surface area contributed by atoms with Gasteiger partial charge in [-0.15, -0.1) is 0 Å². The average Bonchev–Trinajstić information content (AvgIpc) is 3.17. The zero-order chi connectivity index (χ0) is 16.8. The van der Waals surface area contributed by atoms with Crippen molar-refractivity contribution in [2.24, 2.45) is 0 Å². The van der Waals surface area contributed by atoms with E-state index in [1.54, 1.807) is 6.20 Å². The minimum absolute atomic E-state index is 0.0257. The highest BCUT2D eigenvalue weighted by Gasteiger charge is 2.23. The van der Waals surface area contributed by atoms with E-state index >= 15 is 0 Å². The van der Waals surface area contributed by atoms with Crippen LogP contribution in [0.15, 0.2) is 18.3 Å². The summed E-state index contributed by atoms with van der Waals surface area (Å²) in [6.45, 7) is 8.13. The number of nitrogens with one attached hydrogen (secondary N) is 1. The van der Waals surface area contributed by atoms with Gasteiger partial charge in [-0.1, -0.05) is 6.92 Å². The van der Waals surface area contributed by atoms with Crippen molar-refractivity contribution in [2.45, 2.75) is 32.2 Å². The number of hydrogen-bond acceptors (Lipinski definition) is 5. The number of anilines is 1. The van der Waals surface area contributed by atoms with E-state index in [0.29, 0.717) is 31.4 Å². The van der Waals surface area contributed by atoms with E-state index in [2.05, 4.69) is 27.0 Å². The molecule has 0 spiro atoms. The van der Waals surface area contributed by atoms with Gasteiger partial charge >= 0.3 is 0 Å². The van der Waals surface area contributed by atoms with Gasteiger partial charge in [-0.3, -0.25) is 9.69 Å². The number of likely N-dealkylation sites (tertiary alicyclic amines) is 1. The second-order valence-corrected chi connectivity index (χ2v) is 6.49. The summed E-state index contributed by atoms with van der Waals surface area (Å²) in [5, 5.41) is 3.13. The van der Waals surface area contributed by atoms with E-state index in [4.69, 9.17) is 4.74 Å². The minimum atomic E-state index is -0.0257. The van der Waals surface area contributed by atoms with Crippen LogP contribution in [0.3, 0.4) is 0 Å². The Morgan fingerprint density at radius 2 is 2.04 bits per heavy atom. The number of pyridine rings is 1. The number of hydrogen-bond donors (Lipinski definition) is 1. The Morgan fingerprint density at radius 3 is 2.75 bits per heavy atom. The molecule has 0 aromatic carbocycles. The van der Waals surface area contributed by atoms with Crippen LogP contribution in [0, 0.1) is 0 Å². The predicted octanol–water partition coefficient (Wildman–Crippen LogP) is 1.52. The molecule has 1 N–H and O–H groups in total. The summed E-state index contributed by atoms with van der Waals surface area (Å²) in [6, 6.07) is 4.13. The van der Waals surface area contributed by atoms with Crippen LogP contribution < -0.4 is 10.2 Å². The van der Waals surface area contributed by atoms with Gasteiger partial charge in [-0.2, -0.15) is 0 Å². The average molecular weight is 332 g/mol. The van der Waals surface area contributed by atoms with E-state index in [0.717, 1.165) is 38.4 Å². The molecule has 2 saturated heterocycles. The second-order valence-electron chi connectivity index (χ2n) is 6.49. The van der Waals surface area contributed by atoms with Gasteiger partial charge < -0.3 is 15.0 Å². The van der Waals surface area contributed by atoms with Crippen LogP contribution in [0.4, 0.5) is 5.82 Å². The third-order valence-corrected chi connectivity index (χ3v) is 4.97. The summed E-state index contributed by atoms with van der Waals surface area (Å²) >= 11 is 0. The molecule has 1 amide bonds. The molecule has 3 heterocycles. The number of rotatable bonds is 6. The van der Waals surface area contributed by atoms with E-state index in [9.17, 15) is 4.79 Å². The third kappa shape index (κ3) is 4.05. The van der Waals surface area contributed by atoms with Gasteiger partial charge in [0.2, 0.25) is 0 Å². The van der Waals surface area contributed by atoms with Gasteiger partial charge in [0.05, 0.1) is 18.8 Å². The van der Waals surface area contributed by atoms with Gasteiger partial charge in [0.1, 0.15) is 5.82 Å². The Bertz CT molecular complexity index is 540. The first kappa shape index (κ1) is 17.2. The topological polar surface area (TPSA) is 57.7 Å². The quantitative estimate of drug-likeness (QED) is 0.856. The van der Waals surface area contributed by atoms with Crippen LogP contribution in [0.5, 0.6) is 0 Å². The van der Waals surface area contributed by atoms with Crippen molar-refractivity contribution >= 4 is 11.7 Å². The largest absolute Gasteiger partial charge is 0.378 e. The molecule has 132 valence electrons. The predicted molar refractivity (Wildman–Crippen MR) is 94.5 cm³/mol. The van der Waals surface area contributed by atoms with E-state index in [1.165, 1.54) is 12.8 Å². The Kier molecular flexibility index (Phi) is 6.04. The maximum Gasteiger partial charge on any atom is 0.255 e. The molecule has 2 aliphatic heterocycles. The summed E-state index contributed by atoms with van der Waals surface area (Å²) < 4.78 is 5.40. The first-order valence-corrected chi connectivity index (χ1v) is 9.09. The molecule has 2 fully saturated rings. The van der Waals surface area contributed by atoms with Gasteiger partial charge in [-0.25, -0.2) is 4.98 Å². The van der Waals surface area contributed by atoms with Gasteiger partial charge in [-0.05, 0) is 44.5 Å². The number of ether oxygens (including phenoxy) is 1. The normalized spacial score (nSPS) is 20.1. The molecular weight excluding hydrogens is 304 g/mol. The lowest BCUT2D eigenvalue weighted by Crippen LogP contribution is -2.43. The number of aromatic nitrogens is 1. The molecule has 2 aliphatic rings. The zero-order valence-electron chi connectivity index (χ0n) is 14.5. The molecule has 0 aliphatic carbocycles. The highest BCUT2D eigenvalue weighted by molar-refractivity contribution is 5.98. The third-order valence-electron chi connectivity index (χ3n) is 4.97. The van der Waals surface area contributed by atoms with Crippen LogP contribution in [0.25, 0.3) is 0 Å². The Balaban J connectivity index is 1.64. The lowest BCUT2D eigenvalue weighted by molar-refractivity contribution is 0.0935. The van der Waals surface area contributed by atoms with Crippen molar-refractivity contribution in [1.29, 1.82) is 0 Å². The molecular formula is C18H28N4O2. The number of carbonyl (C=O) groups is 1. The first-order chi connectivity index (χ1) is 11.8. The Labute approximate surface area is 144 Å². The number of amides is 1. The Hall–Kier alpha value is -1.66. The summed E-state index contributed by atoms with van der Waals surface area (Å²) in [5.41, 5.74) is 0.663. The lowest BCUT2D eigenvalue weighted by Gasteiger charge is -2.29. The van der Waals surface area contributed by atoms with Gasteiger partial charge in [0, 0.05) is 31.9 Å².